The van der Waals surface area contributed by atoms with Crippen LogP contribution in [-0.4, -0.2) is 9.78 Å². The van der Waals surface area contributed by atoms with E-state index in [2.05, 4.69) is 52.0 Å². The smallest absolute Gasteiger partial charge is 0.127 e. The van der Waals surface area contributed by atoms with Crippen LogP contribution in [0.5, 0.6) is 0 Å². The van der Waals surface area contributed by atoms with Crippen LogP contribution in [0.15, 0.2) is 24.3 Å². The maximum Gasteiger partial charge on any atom is 0.127 e. The molecule has 1 aliphatic carbocycles. The first-order chi connectivity index (χ1) is 6.77. The number of hydrogen-bond donors (Lipinski definition) is 0. The van der Waals surface area contributed by atoms with Crippen molar-refractivity contribution in [2.24, 2.45) is 7.05 Å². The second-order valence-electron chi connectivity index (χ2n) is 3.58. The zero-order valence-electron chi connectivity index (χ0n) is 7.79. The van der Waals surface area contributed by atoms with E-state index < -0.39 is 0 Å². The molecule has 3 rings (SSSR count). The van der Waals surface area contributed by atoms with E-state index in [9.17, 15) is 0 Å². The van der Waals surface area contributed by atoms with Crippen molar-refractivity contribution in [2.45, 2.75) is 6.42 Å². The number of fused-ring (bicyclic) bond motifs is 3. The number of nitrogens with zero attached hydrogens (tertiary/aromatic N) is 2. The summed E-state index contributed by atoms with van der Waals surface area (Å²) in [6, 6.07) is 8.57. The van der Waals surface area contributed by atoms with Crippen molar-refractivity contribution in [1.29, 1.82) is 0 Å². The molecule has 0 saturated heterocycles. The molecule has 1 aliphatic rings. The SMILES string of the molecule is Cn1nc(I)c2c1-c1ccccc1C2. The van der Waals surface area contributed by atoms with E-state index in [0.29, 0.717) is 0 Å². The van der Waals surface area contributed by atoms with Crippen LogP contribution in [0.3, 0.4) is 0 Å². The highest BCUT2D eigenvalue weighted by Gasteiger charge is 2.24. The molecule has 0 bridgehead atoms. The Morgan fingerprint density at radius 3 is 3.00 bits per heavy atom. The third kappa shape index (κ3) is 0.987. The molecule has 3 heteroatoms. The minimum Gasteiger partial charge on any atom is -0.267 e. The zero-order chi connectivity index (χ0) is 9.71. The summed E-state index contributed by atoms with van der Waals surface area (Å²) in [5.74, 6) is 0. The molecule has 1 aromatic carbocycles. The van der Waals surface area contributed by atoms with Crippen LogP contribution in [0.2, 0.25) is 0 Å². The van der Waals surface area contributed by atoms with E-state index in [1.165, 1.54) is 22.4 Å². The lowest BCUT2D eigenvalue weighted by atomic mass is 10.1. The fourth-order valence-corrected chi connectivity index (χ4v) is 2.89. The van der Waals surface area contributed by atoms with Gasteiger partial charge < -0.3 is 0 Å². The van der Waals surface area contributed by atoms with Gasteiger partial charge in [-0.25, -0.2) is 0 Å². The van der Waals surface area contributed by atoms with Gasteiger partial charge in [-0.05, 0) is 28.2 Å². The van der Waals surface area contributed by atoms with Gasteiger partial charge in [0.1, 0.15) is 3.70 Å². The molecule has 0 atom stereocenters. The Morgan fingerprint density at radius 1 is 1.36 bits per heavy atom. The van der Waals surface area contributed by atoms with Crippen LogP contribution in [-0.2, 0) is 13.5 Å². The zero-order valence-corrected chi connectivity index (χ0v) is 9.95. The number of benzene rings is 1. The van der Waals surface area contributed by atoms with Gasteiger partial charge in [-0.3, -0.25) is 4.68 Å². The summed E-state index contributed by atoms with van der Waals surface area (Å²) < 4.78 is 3.12. The average molecular weight is 296 g/mol. The molecular formula is C11H9IN2. The van der Waals surface area contributed by atoms with Crippen molar-refractivity contribution in [3.05, 3.63) is 39.1 Å². The molecule has 1 heterocycles. The number of hydrogen-bond acceptors (Lipinski definition) is 1. The van der Waals surface area contributed by atoms with Crippen molar-refractivity contribution < 1.29 is 0 Å². The third-order valence-corrected chi connectivity index (χ3v) is 3.60. The largest absolute Gasteiger partial charge is 0.267 e. The second-order valence-corrected chi connectivity index (χ2v) is 4.60. The average Bonchev–Trinajstić information content (AvgIpc) is 2.66. The standard InChI is InChI=1S/C11H9IN2/c1-14-10-8-5-3-2-4-7(8)6-9(10)11(12)13-14/h2-5H,6H2,1H3. The van der Waals surface area contributed by atoms with E-state index in [1.807, 2.05) is 11.7 Å². The molecule has 2 aromatic rings. The monoisotopic (exact) mass is 296 g/mol. The van der Waals surface area contributed by atoms with Crippen LogP contribution < -0.4 is 0 Å². The van der Waals surface area contributed by atoms with E-state index in [0.717, 1.165) is 10.1 Å². The molecule has 0 N–H and O–H groups in total. The maximum atomic E-state index is 4.43. The van der Waals surface area contributed by atoms with E-state index in [4.69, 9.17) is 0 Å². The first kappa shape index (κ1) is 8.47. The molecule has 0 saturated carbocycles. The third-order valence-electron chi connectivity index (χ3n) is 2.74. The molecule has 0 fully saturated rings. The van der Waals surface area contributed by atoms with Crippen LogP contribution in [0, 0.1) is 3.70 Å². The summed E-state index contributed by atoms with van der Waals surface area (Å²) in [5, 5.41) is 4.43. The summed E-state index contributed by atoms with van der Waals surface area (Å²) in [6.45, 7) is 0. The number of aryl methyl sites for hydroxylation is 1. The highest BCUT2D eigenvalue weighted by Crippen LogP contribution is 2.37. The Hall–Kier alpha value is -0.840. The number of halogens is 1. The van der Waals surface area contributed by atoms with Crippen molar-refractivity contribution in [1.82, 2.24) is 9.78 Å². The summed E-state index contributed by atoms with van der Waals surface area (Å²) in [6.07, 6.45) is 1.04. The Bertz CT molecular complexity index is 514. The van der Waals surface area contributed by atoms with Gasteiger partial charge in [0, 0.05) is 24.6 Å². The lowest BCUT2D eigenvalue weighted by molar-refractivity contribution is 0.767. The van der Waals surface area contributed by atoms with Crippen LogP contribution >= 0.6 is 22.6 Å². The van der Waals surface area contributed by atoms with Gasteiger partial charge in [-0.1, -0.05) is 24.3 Å². The van der Waals surface area contributed by atoms with Crippen LogP contribution in [0.4, 0.5) is 0 Å². The number of aromatic nitrogens is 2. The van der Waals surface area contributed by atoms with Crippen LogP contribution in [0.25, 0.3) is 11.3 Å². The molecule has 0 aliphatic heterocycles. The lowest BCUT2D eigenvalue weighted by Gasteiger charge is -2.00. The molecule has 0 unspecified atom stereocenters. The Morgan fingerprint density at radius 2 is 2.14 bits per heavy atom. The van der Waals surface area contributed by atoms with Crippen LogP contribution in [0.1, 0.15) is 11.1 Å². The fraction of sp³-hybridized carbons (Fsp3) is 0.182. The fourth-order valence-electron chi connectivity index (χ4n) is 2.12. The molecule has 0 spiro atoms. The van der Waals surface area contributed by atoms with Gasteiger partial charge in [0.05, 0.1) is 5.69 Å². The highest BCUT2D eigenvalue weighted by atomic mass is 127. The molecule has 14 heavy (non-hydrogen) atoms. The Balaban J connectivity index is 2.35. The summed E-state index contributed by atoms with van der Waals surface area (Å²) in [7, 11) is 2.02. The predicted octanol–water partition coefficient (Wildman–Crippen LogP) is 2.60. The first-order valence-corrected chi connectivity index (χ1v) is 5.65. The van der Waals surface area contributed by atoms with Crippen molar-refractivity contribution in [3.8, 4) is 11.3 Å². The van der Waals surface area contributed by atoms with Crippen molar-refractivity contribution in [3.63, 3.8) is 0 Å². The highest BCUT2D eigenvalue weighted by molar-refractivity contribution is 14.1. The molecule has 2 nitrogen and oxygen atoms in total. The van der Waals surface area contributed by atoms with Crippen molar-refractivity contribution >= 4 is 22.6 Å². The van der Waals surface area contributed by atoms with Gasteiger partial charge in [0.15, 0.2) is 0 Å². The summed E-state index contributed by atoms with van der Waals surface area (Å²) >= 11 is 2.31. The maximum absolute atomic E-state index is 4.43. The van der Waals surface area contributed by atoms with E-state index in [-0.39, 0.29) is 0 Å². The quantitative estimate of drug-likeness (QED) is 0.583. The van der Waals surface area contributed by atoms with Gasteiger partial charge >= 0.3 is 0 Å². The number of rotatable bonds is 0. The van der Waals surface area contributed by atoms with Gasteiger partial charge in [-0.2, -0.15) is 5.10 Å². The predicted molar refractivity (Wildman–Crippen MR) is 64.2 cm³/mol. The summed E-state index contributed by atoms with van der Waals surface area (Å²) in [5.41, 5.74) is 5.45. The topological polar surface area (TPSA) is 17.8 Å². The minimum absolute atomic E-state index is 1.04. The first-order valence-electron chi connectivity index (χ1n) is 4.57. The lowest BCUT2D eigenvalue weighted by Crippen LogP contribution is -1.93. The van der Waals surface area contributed by atoms with E-state index in [1.54, 1.807) is 0 Å². The second kappa shape index (κ2) is 2.82. The molecular weight excluding hydrogens is 287 g/mol. The molecule has 0 radical (unpaired) electrons. The molecule has 70 valence electrons. The molecule has 1 aromatic heterocycles. The Labute approximate surface area is 96.1 Å². The van der Waals surface area contributed by atoms with E-state index >= 15 is 0 Å². The van der Waals surface area contributed by atoms with Gasteiger partial charge in [-0.15, -0.1) is 0 Å². The summed E-state index contributed by atoms with van der Waals surface area (Å²) in [4.78, 5) is 0. The minimum atomic E-state index is 1.04. The van der Waals surface area contributed by atoms with Gasteiger partial charge in [0.25, 0.3) is 0 Å². The van der Waals surface area contributed by atoms with Crippen molar-refractivity contribution in [2.75, 3.05) is 0 Å². The molecule has 0 amide bonds. The van der Waals surface area contributed by atoms with Gasteiger partial charge in [0.2, 0.25) is 0 Å². The normalized spacial score (nSPS) is 12.7. The Kier molecular flexibility index (Phi) is 1.71.